The van der Waals surface area contributed by atoms with Crippen molar-refractivity contribution in [1.29, 1.82) is 0 Å². The molecule has 0 unspecified atom stereocenters. The molecule has 0 spiro atoms. The smallest absolute Gasteiger partial charge is 0.261 e. The highest BCUT2D eigenvalue weighted by molar-refractivity contribution is 7.17. The van der Waals surface area contributed by atoms with Crippen molar-refractivity contribution in [2.75, 3.05) is 25.5 Å². The van der Waals surface area contributed by atoms with Gasteiger partial charge in [0.1, 0.15) is 5.00 Å². The standard InChI is InChI=1S/C20H20N4O4S/c1-23-8-6-13-14(10-23)29-18(16(13)17(21)26)22-15(25)7-9-24-19(27)11-4-2-3-5-12(11)20(24)28/h2-5H,6-10H2,1H3,(H2,21,26)(H,22,25). The van der Waals surface area contributed by atoms with Crippen LogP contribution >= 0.6 is 11.3 Å². The summed E-state index contributed by atoms with van der Waals surface area (Å²) < 4.78 is 0. The van der Waals surface area contributed by atoms with Crippen LogP contribution < -0.4 is 11.1 Å². The van der Waals surface area contributed by atoms with E-state index >= 15 is 0 Å². The molecular weight excluding hydrogens is 392 g/mol. The molecular formula is C20H20N4O4S. The molecule has 9 heteroatoms. The molecule has 150 valence electrons. The fourth-order valence-electron chi connectivity index (χ4n) is 3.72. The number of amides is 4. The van der Waals surface area contributed by atoms with E-state index in [4.69, 9.17) is 5.73 Å². The van der Waals surface area contributed by atoms with Gasteiger partial charge < -0.3 is 16.0 Å². The molecule has 0 saturated heterocycles. The first-order valence-corrected chi connectivity index (χ1v) is 10.1. The van der Waals surface area contributed by atoms with Gasteiger partial charge in [-0.25, -0.2) is 0 Å². The number of fused-ring (bicyclic) bond motifs is 2. The quantitative estimate of drug-likeness (QED) is 0.722. The van der Waals surface area contributed by atoms with Gasteiger partial charge in [0.2, 0.25) is 5.91 Å². The molecule has 0 fully saturated rings. The van der Waals surface area contributed by atoms with Crippen LogP contribution in [0.1, 0.15) is 47.9 Å². The molecule has 0 bridgehead atoms. The van der Waals surface area contributed by atoms with Crippen LogP contribution in [0.3, 0.4) is 0 Å². The van der Waals surface area contributed by atoms with Crippen molar-refractivity contribution >= 4 is 40.0 Å². The number of benzene rings is 1. The van der Waals surface area contributed by atoms with Gasteiger partial charge in [0, 0.05) is 30.9 Å². The van der Waals surface area contributed by atoms with Crippen molar-refractivity contribution in [3.63, 3.8) is 0 Å². The van der Waals surface area contributed by atoms with E-state index in [-0.39, 0.29) is 18.9 Å². The van der Waals surface area contributed by atoms with Crippen molar-refractivity contribution < 1.29 is 19.2 Å². The minimum atomic E-state index is -0.567. The Morgan fingerprint density at radius 1 is 1.17 bits per heavy atom. The third-order valence-electron chi connectivity index (χ3n) is 5.19. The van der Waals surface area contributed by atoms with Crippen LogP contribution in [-0.4, -0.2) is 53.6 Å². The van der Waals surface area contributed by atoms with Gasteiger partial charge >= 0.3 is 0 Å². The zero-order chi connectivity index (χ0) is 20.7. The molecule has 4 amide bonds. The highest BCUT2D eigenvalue weighted by atomic mass is 32.1. The SMILES string of the molecule is CN1CCc2c(sc(NC(=O)CCN3C(=O)c4ccccc4C3=O)c2C(N)=O)C1. The molecule has 0 radical (unpaired) electrons. The summed E-state index contributed by atoms with van der Waals surface area (Å²) in [7, 11) is 1.99. The molecule has 2 aliphatic heterocycles. The van der Waals surface area contributed by atoms with E-state index in [0.29, 0.717) is 34.7 Å². The normalized spacial score (nSPS) is 16.0. The fourth-order valence-corrected chi connectivity index (χ4v) is 5.07. The van der Waals surface area contributed by atoms with Gasteiger partial charge in [0.05, 0.1) is 16.7 Å². The van der Waals surface area contributed by atoms with E-state index in [1.165, 1.54) is 11.3 Å². The van der Waals surface area contributed by atoms with E-state index in [0.717, 1.165) is 21.9 Å². The van der Waals surface area contributed by atoms with Crippen LogP contribution in [0, 0.1) is 0 Å². The molecule has 3 N–H and O–H groups in total. The number of primary amides is 1. The van der Waals surface area contributed by atoms with Crippen molar-refractivity contribution in [1.82, 2.24) is 9.80 Å². The first-order valence-electron chi connectivity index (χ1n) is 9.24. The van der Waals surface area contributed by atoms with Crippen molar-refractivity contribution in [2.45, 2.75) is 19.4 Å². The lowest BCUT2D eigenvalue weighted by molar-refractivity contribution is -0.116. The number of likely N-dealkylation sites (N-methyl/N-ethyl adjacent to an activating group) is 1. The van der Waals surface area contributed by atoms with Crippen molar-refractivity contribution in [3.8, 4) is 0 Å². The largest absolute Gasteiger partial charge is 0.365 e. The van der Waals surface area contributed by atoms with Gasteiger partial charge in [-0.05, 0) is 31.2 Å². The third kappa shape index (κ3) is 3.43. The Morgan fingerprint density at radius 2 is 1.83 bits per heavy atom. The maximum Gasteiger partial charge on any atom is 0.261 e. The summed E-state index contributed by atoms with van der Waals surface area (Å²) in [5.41, 5.74) is 7.53. The van der Waals surface area contributed by atoms with E-state index in [1.807, 2.05) is 7.05 Å². The summed E-state index contributed by atoms with van der Waals surface area (Å²) in [6.07, 6.45) is 0.637. The van der Waals surface area contributed by atoms with Crippen LogP contribution in [0.4, 0.5) is 5.00 Å². The number of thiophene rings is 1. The van der Waals surface area contributed by atoms with Gasteiger partial charge in [0.15, 0.2) is 0 Å². The van der Waals surface area contributed by atoms with Crippen LogP contribution in [0.2, 0.25) is 0 Å². The first-order chi connectivity index (χ1) is 13.9. The Hall–Kier alpha value is -3.04. The van der Waals surface area contributed by atoms with Gasteiger partial charge in [0.25, 0.3) is 17.7 Å². The number of carbonyl (C=O) groups is 4. The van der Waals surface area contributed by atoms with Crippen molar-refractivity contribution in [2.24, 2.45) is 5.73 Å². The number of anilines is 1. The van der Waals surface area contributed by atoms with Gasteiger partial charge in [-0.2, -0.15) is 0 Å². The number of nitrogens with one attached hydrogen (secondary N) is 1. The van der Waals surface area contributed by atoms with Crippen LogP contribution in [0.5, 0.6) is 0 Å². The van der Waals surface area contributed by atoms with Gasteiger partial charge in [-0.3, -0.25) is 24.1 Å². The zero-order valence-corrected chi connectivity index (χ0v) is 16.7. The number of nitrogens with two attached hydrogens (primary N) is 1. The molecule has 2 aliphatic rings. The Bertz CT molecular complexity index is 1010. The van der Waals surface area contributed by atoms with E-state index in [9.17, 15) is 19.2 Å². The monoisotopic (exact) mass is 412 g/mol. The minimum absolute atomic E-state index is 0.0298. The van der Waals surface area contributed by atoms with Crippen molar-refractivity contribution in [3.05, 3.63) is 51.4 Å². The molecule has 1 aromatic heterocycles. The average Bonchev–Trinajstić information content (AvgIpc) is 3.15. The minimum Gasteiger partial charge on any atom is -0.365 e. The van der Waals surface area contributed by atoms with E-state index < -0.39 is 17.7 Å². The molecule has 2 aromatic rings. The summed E-state index contributed by atoms with van der Waals surface area (Å²) in [5, 5.41) is 3.19. The maximum absolute atomic E-state index is 12.5. The molecule has 3 heterocycles. The lowest BCUT2D eigenvalue weighted by Crippen LogP contribution is -2.33. The van der Waals surface area contributed by atoms with Gasteiger partial charge in [-0.1, -0.05) is 12.1 Å². The summed E-state index contributed by atoms with van der Waals surface area (Å²) in [6.45, 7) is 1.49. The fraction of sp³-hybridized carbons (Fsp3) is 0.300. The number of rotatable bonds is 5. The summed E-state index contributed by atoms with van der Waals surface area (Å²) in [4.78, 5) is 53.5. The van der Waals surface area contributed by atoms with E-state index in [1.54, 1.807) is 24.3 Å². The molecule has 8 nitrogen and oxygen atoms in total. The summed E-state index contributed by atoms with van der Waals surface area (Å²) >= 11 is 1.35. The summed E-state index contributed by atoms with van der Waals surface area (Å²) in [5.74, 6) is -1.74. The first kappa shape index (κ1) is 19.3. The second kappa shape index (κ2) is 7.41. The van der Waals surface area contributed by atoms with E-state index in [2.05, 4.69) is 10.2 Å². The molecule has 1 aromatic carbocycles. The topological polar surface area (TPSA) is 113 Å². The average molecular weight is 412 g/mol. The maximum atomic E-state index is 12.5. The molecule has 0 saturated carbocycles. The lowest BCUT2D eigenvalue weighted by atomic mass is 10.0. The van der Waals surface area contributed by atoms with Crippen LogP contribution in [-0.2, 0) is 17.8 Å². The summed E-state index contributed by atoms with van der Waals surface area (Å²) in [6, 6.07) is 6.59. The van der Waals surface area contributed by atoms with Crippen LogP contribution in [0.25, 0.3) is 0 Å². The van der Waals surface area contributed by atoms with Gasteiger partial charge in [-0.15, -0.1) is 11.3 Å². The number of nitrogens with zero attached hydrogens (tertiary/aromatic N) is 2. The number of carbonyl (C=O) groups excluding carboxylic acids is 4. The highest BCUT2D eigenvalue weighted by Gasteiger charge is 2.35. The Labute approximate surface area is 171 Å². The predicted octanol–water partition coefficient (Wildman–Crippen LogP) is 1.46. The number of hydrogen-bond acceptors (Lipinski definition) is 6. The lowest BCUT2D eigenvalue weighted by Gasteiger charge is -2.22. The molecule has 0 atom stereocenters. The third-order valence-corrected chi connectivity index (χ3v) is 6.32. The highest BCUT2D eigenvalue weighted by Crippen LogP contribution is 2.36. The zero-order valence-electron chi connectivity index (χ0n) is 15.9. The van der Waals surface area contributed by atoms with Crippen LogP contribution in [0.15, 0.2) is 24.3 Å². The molecule has 4 rings (SSSR count). The Morgan fingerprint density at radius 3 is 2.45 bits per heavy atom. The predicted molar refractivity (Wildman–Crippen MR) is 108 cm³/mol. The second-order valence-corrected chi connectivity index (χ2v) is 8.27. The Kier molecular flexibility index (Phi) is 4.93. The number of hydrogen-bond donors (Lipinski definition) is 2. The molecule has 0 aliphatic carbocycles. The Balaban J connectivity index is 1.46. The molecule has 29 heavy (non-hydrogen) atoms. The second-order valence-electron chi connectivity index (χ2n) is 7.17. The number of imide groups is 1.